The molecule has 0 spiro atoms. The van der Waals surface area contributed by atoms with Crippen LogP contribution in [0.3, 0.4) is 0 Å². The summed E-state index contributed by atoms with van der Waals surface area (Å²) in [4.78, 5) is 0. The summed E-state index contributed by atoms with van der Waals surface area (Å²) in [6, 6.07) is 12.4. The molecule has 1 atom stereocenters. The second-order valence-electron chi connectivity index (χ2n) is 4.74. The van der Waals surface area contributed by atoms with Crippen LogP contribution in [0.25, 0.3) is 0 Å². The molecule has 0 radical (unpaired) electrons. The van der Waals surface area contributed by atoms with Crippen molar-refractivity contribution < 1.29 is 4.74 Å². The van der Waals surface area contributed by atoms with Gasteiger partial charge in [-0.2, -0.15) is 5.26 Å². The molecule has 0 heterocycles. The van der Waals surface area contributed by atoms with Gasteiger partial charge in [-0.25, -0.2) is 0 Å². The lowest BCUT2D eigenvalue weighted by Crippen LogP contribution is -2.24. The Labute approximate surface area is 103 Å². The molecule has 1 fully saturated rings. The standard InChI is InChI=1S/C15H19NO/c16-11-15(14-9-5-2-6-10-14)17-12-13-7-3-1-4-8-13/h1,3-4,7-8,14-15H,2,5-6,9-10,12H2. The molecule has 0 saturated heterocycles. The number of nitriles is 1. The molecule has 2 heteroatoms. The summed E-state index contributed by atoms with van der Waals surface area (Å²) in [6.45, 7) is 0.551. The van der Waals surface area contributed by atoms with Crippen LogP contribution in [0.4, 0.5) is 0 Å². The van der Waals surface area contributed by atoms with Crippen molar-refractivity contribution in [2.24, 2.45) is 5.92 Å². The minimum Gasteiger partial charge on any atom is -0.358 e. The van der Waals surface area contributed by atoms with Crippen molar-refractivity contribution in [3.05, 3.63) is 35.9 Å². The first-order valence-electron chi connectivity index (χ1n) is 6.45. The summed E-state index contributed by atoms with van der Waals surface area (Å²) in [5, 5.41) is 9.18. The fourth-order valence-electron chi connectivity index (χ4n) is 2.48. The highest BCUT2D eigenvalue weighted by atomic mass is 16.5. The fourth-order valence-corrected chi connectivity index (χ4v) is 2.48. The van der Waals surface area contributed by atoms with E-state index in [2.05, 4.69) is 6.07 Å². The molecule has 1 saturated carbocycles. The highest BCUT2D eigenvalue weighted by Crippen LogP contribution is 2.28. The van der Waals surface area contributed by atoms with Crippen LogP contribution in [-0.2, 0) is 11.3 Å². The second kappa shape index (κ2) is 6.42. The van der Waals surface area contributed by atoms with Crippen LogP contribution in [-0.4, -0.2) is 6.10 Å². The predicted octanol–water partition coefficient (Wildman–Crippen LogP) is 3.68. The van der Waals surface area contributed by atoms with Crippen LogP contribution in [0.15, 0.2) is 30.3 Å². The summed E-state index contributed by atoms with van der Waals surface area (Å²) >= 11 is 0. The van der Waals surface area contributed by atoms with Gasteiger partial charge in [0.05, 0.1) is 12.7 Å². The molecule has 1 unspecified atom stereocenters. The van der Waals surface area contributed by atoms with Crippen molar-refractivity contribution in [3.63, 3.8) is 0 Å². The lowest BCUT2D eigenvalue weighted by Gasteiger charge is -2.25. The van der Waals surface area contributed by atoms with Crippen molar-refractivity contribution in [1.82, 2.24) is 0 Å². The predicted molar refractivity (Wildman–Crippen MR) is 67.2 cm³/mol. The minimum atomic E-state index is -0.226. The normalized spacial score (nSPS) is 18.5. The molecule has 0 aromatic heterocycles. The largest absolute Gasteiger partial charge is 0.358 e. The van der Waals surface area contributed by atoms with E-state index < -0.39 is 0 Å². The maximum absolute atomic E-state index is 9.18. The SMILES string of the molecule is N#CC(OCc1ccccc1)C1CCCCC1. The average Bonchev–Trinajstić information content (AvgIpc) is 2.42. The third-order valence-corrected chi connectivity index (χ3v) is 3.48. The summed E-state index contributed by atoms with van der Waals surface area (Å²) in [5.74, 6) is 0.442. The van der Waals surface area contributed by atoms with Gasteiger partial charge < -0.3 is 4.74 Å². The molecule has 1 aromatic carbocycles. The topological polar surface area (TPSA) is 33.0 Å². The third-order valence-electron chi connectivity index (χ3n) is 3.48. The van der Waals surface area contributed by atoms with Gasteiger partial charge in [0.1, 0.15) is 6.10 Å². The first-order valence-corrected chi connectivity index (χ1v) is 6.45. The molecule has 0 aliphatic heterocycles. The van der Waals surface area contributed by atoms with Crippen LogP contribution in [0, 0.1) is 17.2 Å². The number of nitrogens with zero attached hydrogens (tertiary/aromatic N) is 1. The van der Waals surface area contributed by atoms with Crippen LogP contribution in [0.5, 0.6) is 0 Å². The zero-order valence-corrected chi connectivity index (χ0v) is 10.1. The molecule has 1 aromatic rings. The van der Waals surface area contributed by atoms with E-state index in [0.29, 0.717) is 12.5 Å². The van der Waals surface area contributed by atoms with Gasteiger partial charge in [-0.05, 0) is 24.3 Å². The molecule has 0 amide bonds. The van der Waals surface area contributed by atoms with Crippen molar-refractivity contribution in [3.8, 4) is 6.07 Å². The van der Waals surface area contributed by atoms with Gasteiger partial charge in [0.2, 0.25) is 0 Å². The quantitative estimate of drug-likeness (QED) is 0.789. The molecule has 0 bridgehead atoms. The van der Waals surface area contributed by atoms with Gasteiger partial charge in [-0.3, -0.25) is 0 Å². The van der Waals surface area contributed by atoms with Gasteiger partial charge in [0, 0.05) is 0 Å². The Morgan fingerprint density at radius 3 is 2.53 bits per heavy atom. The molecular formula is C15H19NO. The molecular weight excluding hydrogens is 210 g/mol. The zero-order chi connectivity index (χ0) is 11.9. The Kier molecular flexibility index (Phi) is 4.58. The summed E-state index contributed by atoms with van der Waals surface area (Å²) in [7, 11) is 0. The van der Waals surface area contributed by atoms with E-state index in [4.69, 9.17) is 4.74 Å². The van der Waals surface area contributed by atoms with Crippen LogP contribution < -0.4 is 0 Å². The molecule has 0 N–H and O–H groups in total. The number of rotatable bonds is 4. The molecule has 90 valence electrons. The monoisotopic (exact) mass is 229 g/mol. The molecule has 1 aliphatic carbocycles. The van der Waals surface area contributed by atoms with E-state index in [-0.39, 0.29) is 6.10 Å². The van der Waals surface area contributed by atoms with E-state index in [1.54, 1.807) is 0 Å². The van der Waals surface area contributed by atoms with Gasteiger partial charge in [-0.15, -0.1) is 0 Å². The zero-order valence-electron chi connectivity index (χ0n) is 10.1. The Morgan fingerprint density at radius 1 is 1.18 bits per heavy atom. The van der Waals surface area contributed by atoms with Crippen molar-refractivity contribution in [1.29, 1.82) is 5.26 Å². The third kappa shape index (κ3) is 3.57. The second-order valence-corrected chi connectivity index (χ2v) is 4.74. The fraction of sp³-hybridized carbons (Fsp3) is 0.533. The maximum Gasteiger partial charge on any atom is 0.147 e. The van der Waals surface area contributed by atoms with Crippen LogP contribution in [0.2, 0.25) is 0 Å². The van der Waals surface area contributed by atoms with Gasteiger partial charge in [-0.1, -0.05) is 49.6 Å². The van der Waals surface area contributed by atoms with Crippen LogP contribution in [0.1, 0.15) is 37.7 Å². The highest BCUT2D eigenvalue weighted by Gasteiger charge is 2.23. The number of hydrogen-bond acceptors (Lipinski definition) is 2. The first-order chi connectivity index (χ1) is 8.40. The lowest BCUT2D eigenvalue weighted by atomic mass is 9.85. The average molecular weight is 229 g/mol. The van der Waals surface area contributed by atoms with Crippen LogP contribution >= 0.6 is 0 Å². The van der Waals surface area contributed by atoms with E-state index in [1.807, 2.05) is 30.3 Å². The Bertz CT molecular complexity index is 362. The number of benzene rings is 1. The number of hydrogen-bond donors (Lipinski definition) is 0. The smallest absolute Gasteiger partial charge is 0.147 e. The Hall–Kier alpha value is -1.33. The highest BCUT2D eigenvalue weighted by molar-refractivity contribution is 5.13. The number of ether oxygens (including phenoxy) is 1. The van der Waals surface area contributed by atoms with Gasteiger partial charge >= 0.3 is 0 Å². The van der Waals surface area contributed by atoms with E-state index in [1.165, 1.54) is 19.3 Å². The Morgan fingerprint density at radius 2 is 1.88 bits per heavy atom. The molecule has 1 aliphatic rings. The van der Waals surface area contributed by atoms with Crippen molar-refractivity contribution in [2.75, 3.05) is 0 Å². The molecule has 2 nitrogen and oxygen atoms in total. The molecule has 2 rings (SSSR count). The molecule has 17 heavy (non-hydrogen) atoms. The summed E-state index contributed by atoms with van der Waals surface area (Å²) < 4.78 is 5.76. The van der Waals surface area contributed by atoms with Crippen molar-refractivity contribution in [2.45, 2.75) is 44.8 Å². The lowest BCUT2D eigenvalue weighted by molar-refractivity contribution is 0.0257. The minimum absolute atomic E-state index is 0.226. The Balaban J connectivity index is 1.85. The maximum atomic E-state index is 9.18. The first kappa shape index (κ1) is 12.1. The summed E-state index contributed by atoms with van der Waals surface area (Å²) in [5.41, 5.74) is 1.14. The van der Waals surface area contributed by atoms with E-state index in [9.17, 15) is 5.26 Å². The van der Waals surface area contributed by atoms with Crippen molar-refractivity contribution >= 4 is 0 Å². The summed E-state index contributed by atoms with van der Waals surface area (Å²) in [6.07, 6.45) is 5.87. The van der Waals surface area contributed by atoms with E-state index in [0.717, 1.165) is 18.4 Å². The van der Waals surface area contributed by atoms with Gasteiger partial charge in [0.15, 0.2) is 0 Å². The van der Waals surface area contributed by atoms with E-state index >= 15 is 0 Å². The van der Waals surface area contributed by atoms with Gasteiger partial charge in [0.25, 0.3) is 0 Å².